The predicted octanol–water partition coefficient (Wildman–Crippen LogP) is 2.99. The van der Waals surface area contributed by atoms with Gasteiger partial charge in [-0.15, -0.1) is 0 Å². The second kappa shape index (κ2) is 5.79. The van der Waals surface area contributed by atoms with E-state index in [0.717, 1.165) is 42.9 Å². The molecule has 2 fully saturated rings. The topological polar surface area (TPSA) is 24.5 Å². The summed E-state index contributed by atoms with van der Waals surface area (Å²) in [7, 11) is 0. The Balaban J connectivity index is 1.52. The van der Waals surface area contributed by atoms with Gasteiger partial charge < -0.3 is 10.1 Å². The Bertz CT molecular complexity index is 524. The molecule has 3 nitrogen and oxygen atoms in total. The van der Waals surface area contributed by atoms with Crippen LogP contribution in [0.3, 0.4) is 0 Å². The van der Waals surface area contributed by atoms with Crippen LogP contribution >= 0.6 is 11.6 Å². The van der Waals surface area contributed by atoms with E-state index in [1.165, 1.54) is 43.4 Å². The minimum absolute atomic E-state index is 0.666. The molecule has 1 saturated carbocycles. The molecule has 1 saturated heterocycles. The molecule has 1 atom stereocenters. The summed E-state index contributed by atoms with van der Waals surface area (Å²) in [5.41, 5.74) is 2.56. The van der Waals surface area contributed by atoms with Gasteiger partial charge in [-0.25, -0.2) is 0 Å². The highest BCUT2D eigenvalue weighted by atomic mass is 35.5. The van der Waals surface area contributed by atoms with Gasteiger partial charge in [-0.2, -0.15) is 0 Å². The summed E-state index contributed by atoms with van der Waals surface area (Å²) in [5.74, 6) is 1.10. The van der Waals surface area contributed by atoms with E-state index in [2.05, 4.69) is 22.3 Å². The summed E-state index contributed by atoms with van der Waals surface area (Å²) >= 11 is 6.29. The zero-order valence-electron chi connectivity index (χ0n) is 12.4. The van der Waals surface area contributed by atoms with Crippen molar-refractivity contribution in [3.05, 3.63) is 28.3 Å². The first-order chi connectivity index (χ1) is 10.3. The van der Waals surface area contributed by atoms with Crippen LogP contribution < -0.4 is 10.1 Å². The normalized spacial score (nSPS) is 24.4. The quantitative estimate of drug-likeness (QED) is 0.905. The Hall–Kier alpha value is -0.770. The molecule has 114 valence electrons. The highest BCUT2D eigenvalue weighted by Gasteiger charge is 2.32. The first-order valence-electron chi connectivity index (χ1n) is 8.21. The number of ether oxygens (including phenoxy) is 1. The van der Waals surface area contributed by atoms with Gasteiger partial charge in [0.25, 0.3) is 0 Å². The molecule has 1 aromatic rings. The third-order valence-corrected chi connectivity index (χ3v) is 5.10. The van der Waals surface area contributed by atoms with Crippen molar-refractivity contribution >= 4 is 11.6 Å². The SMILES string of the molecule is Clc1cc2c(c(CN(CC3CCCN3)C3CC3)c1)OCC2. The molecule has 0 spiro atoms. The molecule has 1 N–H and O–H groups in total. The molecule has 0 radical (unpaired) electrons. The van der Waals surface area contributed by atoms with Gasteiger partial charge in [-0.1, -0.05) is 11.6 Å². The molecule has 0 amide bonds. The first-order valence-corrected chi connectivity index (χ1v) is 8.59. The van der Waals surface area contributed by atoms with Crippen LogP contribution in [0, 0.1) is 0 Å². The van der Waals surface area contributed by atoms with Crippen LogP contribution in [0.25, 0.3) is 0 Å². The molecule has 0 bridgehead atoms. The van der Waals surface area contributed by atoms with Crippen LogP contribution in [0.5, 0.6) is 5.75 Å². The molecule has 2 aliphatic heterocycles. The van der Waals surface area contributed by atoms with E-state index in [1.807, 2.05) is 0 Å². The van der Waals surface area contributed by atoms with E-state index in [9.17, 15) is 0 Å². The number of nitrogens with one attached hydrogen (secondary N) is 1. The summed E-state index contributed by atoms with van der Waals surface area (Å²) in [4.78, 5) is 2.64. The summed E-state index contributed by atoms with van der Waals surface area (Å²) in [5, 5.41) is 4.47. The van der Waals surface area contributed by atoms with Gasteiger partial charge in [-0.05, 0) is 49.9 Å². The molecule has 21 heavy (non-hydrogen) atoms. The largest absolute Gasteiger partial charge is 0.493 e. The molecular weight excluding hydrogens is 284 g/mol. The van der Waals surface area contributed by atoms with E-state index in [-0.39, 0.29) is 0 Å². The third kappa shape index (κ3) is 3.05. The number of hydrogen-bond donors (Lipinski definition) is 1. The number of halogens is 1. The van der Waals surface area contributed by atoms with Crippen molar-refractivity contribution in [2.24, 2.45) is 0 Å². The van der Waals surface area contributed by atoms with Crippen molar-refractivity contribution in [1.29, 1.82) is 0 Å². The number of nitrogens with zero attached hydrogens (tertiary/aromatic N) is 1. The zero-order chi connectivity index (χ0) is 14.2. The van der Waals surface area contributed by atoms with Crippen LogP contribution in [0.15, 0.2) is 12.1 Å². The summed E-state index contributed by atoms with van der Waals surface area (Å²) in [6, 6.07) is 5.60. The lowest BCUT2D eigenvalue weighted by Crippen LogP contribution is -2.38. The summed E-state index contributed by atoms with van der Waals surface area (Å²) in [6.07, 6.45) is 6.31. The van der Waals surface area contributed by atoms with Gasteiger partial charge in [0, 0.05) is 42.2 Å². The summed E-state index contributed by atoms with van der Waals surface area (Å²) < 4.78 is 5.85. The van der Waals surface area contributed by atoms with Crippen LogP contribution in [0.4, 0.5) is 0 Å². The zero-order valence-corrected chi connectivity index (χ0v) is 13.2. The smallest absolute Gasteiger partial charge is 0.127 e. The Morgan fingerprint density at radius 2 is 2.19 bits per heavy atom. The van der Waals surface area contributed by atoms with E-state index >= 15 is 0 Å². The van der Waals surface area contributed by atoms with Gasteiger partial charge in [0.15, 0.2) is 0 Å². The fraction of sp³-hybridized carbons (Fsp3) is 0.647. The van der Waals surface area contributed by atoms with Crippen molar-refractivity contribution < 1.29 is 4.74 Å². The van der Waals surface area contributed by atoms with E-state index in [1.54, 1.807) is 0 Å². The lowest BCUT2D eigenvalue weighted by atomic mass is 10.1. The lowest BCUT2D eigenvalue weighted by molar-refractivity contribution is 0.227. The Morgan fingerprint density at radius 1 is 1.29 bits per heavy atom. The van der Waals surface area contributed by atoms with E-state index in [4.69, 9.17) is 16.3 Å². The van der Waals surface area contributed by atoms with E-state index < -0.39 is 0 Å². The van der Waals surface area contributed by atoms with Crippen LogP contribution in [0.1, 0.15) is 36.8 Å². The van der Waals surface area contributed by atoms with Crippen molar-refractivity contribution in [3.63, 3.8) is 0 Å². The van der Waals surface area contributed by atoms with Crippen LogP contribution in [-0.4, -0.2) is 36.7 Å². The van der Waals surface area contributed by atoms with Gasteiger partial charge in [0.1, 0.15) is 5.75 Å². The number of rotatable bonds is 5. The molecule has 3 aliphatic rings. The van der Waals surface area contributed by atoms with Crippen LogP contribution in [-0.2, 0) is 13.0 Å². The fourth-order valence-corrected chi connectivity index (χ4v) is 3.92. The Labute approximate surface area is 131 Å². The third-order valence-electron chi connectivity index (χ3n) is 4.88. The number of benzene rings is 1. The molecule has 0 aromatic heterocycles. The molecule has 4 rings (SSSR count). The van der Waals surface area contributed by atoms with Crippen molar-refractivity contribution in [2.75, 3.05) is 19.7 Å². The average molecular weight is 307 g/mol. The first kappa shape index (κ1) is 13.9. The highest BCUT2D eigenvalue weighted by molar-refractivity contribution is 6.30. The maximum absolute atomic E-state index is 6.29. The number of fused-ring (bicyclic) bond motifs is 1. The van der Waals surface area contributed by atoms with Crippen molar-refractivity contribution in [3.8, 4) is 5.75 Å². The standard InChI is InChI=1S/C17H23ClN2O/c18-14-8-12-5-7-21-17(12)13(9-14)10-20(16-3-4-16)11-15-2-1-6-19-15/h8-9,15-16,19H,1-7,10-11H2. The number of hydrogen-bond acceptors (Lipinski definition) is 3. The van der Waals surface area contributed by atoms with Gasteiger partial charge in [0.05, 0.1) is 6.61 Å². The van der Waals surface area contributed by atoms with Gasteiger partial charge >= 0.3 is 0 Å². The Kier molecular flexibility index (Phi) is 3.82. The molecule has 1 unspecified atom stereocenters. The second-order valence-electron chi connectivity index (χ2n) is 6.61. The lowest BCUT2D eigenvalue weighted by Gasteiger charge is -2.26. The van der Waals surface area contributed by atoms with Crippen molar-refractivity contribution in [1.82, 2.24) is 10.2 Å². The fourth-order valence-electron chi connectivity index (χ4n) is 3.66. The van der Waals surface area contributed by atoms with Gasteiger partial charge in [0.2, 0.25) is 0 Å². The molecule has 1 aliphatic carbocycles. The molecule has 4 heteroatoms. The van der Waals surface area contributed by atoms with E-state index in [0.29, 0.717) is 6.04 Å². The Morgan fingerprint density at radius 3 is 2.95 bits per heavy atom. The monoisotopic (exact) mass is 306 g/mol. The predicted molar refractivity (Wildman–Crippen MR) is 85.1 cm³/mol. The highest BCUT2D eigenvalue weighted by Crippen LogP contribution is 2.36. The minimum atomic E-state index is 0.666. The maximum atomic E-state index is 6.29. The second-order valence-corrected chi connectivity index (χ2v) is 7.04. The molecule has 1 aromatic carbocycles. The van der Waals surface area contributed by atoms with Crippen LogP contribution in [0.2, 0.25) is 5.02 Å². The maximum Gasteiger partial charge on any atom is 0.127 e. The minimum Gasteiger partial charge on any atom is -0.493 e. The molecule has 2 heterocycles. The molecular formula is C17H23ClN2O. The average Bonchev–Trinajstić information content (AvgIpc) is 2.97. The van der Waals surface area contributed by atoms with Gasteiger partial charge in [-0.3, -0.25) is 4.90 Å². The summed E-state index contributed by atoms with van der Waals surface area (Å²) in [6.45, 7) is 4.12. The van der Waals surface area contributed by atoms with Crippen molar-refractivity contribution in [2.45, 2.75) is 50.7 Å².